The highest BCUT2D eigenvalue weighted by Gasteiger charge is 2.29. The molecule has 1 aromatic heterocycles. The molecule has 2 aliphatic rings. The Hall–Kier alpha value is -3.74. The lowest BCUT2D eigenvalue weighted by Crippen LogP contribution is -2.34. The first kappa shape index (κ1) is 19.6. The van der Waals surface area contributed by atoms with Crippen LogP contribution in [0.1, 0.15) is 13.8 Å². The molecule has 0 bridgehead atoms. The van der Waals surface area contributed by atoms with Crippen LogP contribution in [0.3, 0.4) is 0 Å². The molecular weight excluding hydrogens is 380 g/mol. The highest BCUT2D eigenvalue weighted by molar-refractivity contribution is 6.01. The van der Waals surface area contributed by atoms with Crippen LogP contribution in [0.5, 0.6) is 0 Å². The minimum Gasteiger partial charge on any atom is -0.493 e. The summed E-state index contributed by atoms with van der Waals surface area (Å²) in [4.78, 5) is 10.9. The number of nitrogens with zero attached hydrogens (tertiary/aromatic N) is 3. The van der Waals surface area contributed by atoms with Gasteiger partial charge in [-0.2, -0.15) is 0 Å². The van der Waals surface area contributed by atoms with Crippen molar-refractivity contribution in [3.05, 3.63) is 84.7 Å². The lowest BCUT2D eigenvalue weighted by molar-refractivity contribution is 0.209. The van der Waals surface area contributed by atoms with E-state index < -0.39 is 0 Å². The topological polar surface area (TPSA) is 72.1 Å². The van der Waals surface area contributed by atoms with E-state index in [4.69, 9.17) is 18.9 Å². The number of ether oxygens (including phenoxy) is 2. The Morgan fingerprint density at radius 1 is 1.33 bits per heavy atom. The second-order valence-electron chi connectivity index (χ2n) is 7.23. The SMILES string of the molecule is C=C(OCC1=C(Nc2ccc3ncoc3c2)N=C2C(OC)=CC=CN2C1=C)C(C)C. The molecule has 30 heavy (non-hydrogen) atoms. The first-order valence-electron chi connectivity index (χ1n) is 9.63. The molecule has 7 nitrogen and oxygen atoms in total. The number of rotatable bonds is 7. The van der Waals surface area contributed by atoms with Crippen molar-refractivity contribution in [1.29, 1.82) is 0 Å². The number of anilines is 1. The van der Waals surface area contributed by atoms with Gasteiger partial charge in [-0.05, 0) is 24.3 Å². The van der Waals surface area contributed by atoms with Crippen LogP contribution in [0, 0.1) is 5.92 Å². The van der Waals surface area contributed by atoms with Crippen LogP contribution in [0.15, 0.2) is 94.1 Å². The third-order valence-corrected chi connectivity index (χ3v) is 4.93. The fourth-order valence-electron chi connectivity index (χ4n) is 3.08. The quantitative estimate of drug-likeness (QED) is 0.660. The molecule has 1 aromatic carbocycles. The van der Waals surface area contributed by atoms with Crippen LogP contribution in [-0.2, 0) is 9.47 Å². The molecule has 4 rings (SSSR count). The average Bonchev–Trinajstić information content (AvgIpc) is 3.20. The average molecular weight is 404 g/mol. The number of aromatic nitrogens is 1. The number of nitrogens with one attached hydrogen (secondary N) is 1. The lowest BCUT2D eigenvalue weighted by Gasteiger charge is -2.33. The van der Waals surface area contributed by atoms with Gasteiger partial charge in [-0.1, -0.05) is 27.0 Å². The molecule has 0 amide bonds. The van der Waals surface area contributed by atoms with E-state index >= 15 is 0 Å². The molecule has 154 valence electrons. The summed E-state index contributed by atoms with van der Waals surface area (Å²) in [6.45, 7) is 12.6. The van der Waals surface area contributed by atoms with Crippen molar-refractivity contribution in [2.45, 2.75) is 13.8 Å². The first-order chi connectivity index (χ1) is 14.5. The first-order valence-corrected chi connectivity index (χ1v) is 9.63. The third kappa shape index (κ3) is 3.61. The Balaban J connectivity index is 1.73. The zero-order valence-electron chi connectivity index (χ0n) is 17.3. The lowest BCUT2D eigenvalue weighted by atomic mass is 10.1. The summed E-state index contributed by atoms with van der Waals surface area (Å²) in [5, 5.41) is 3.37. The number of amidine groups is 1. The van der Waals surface area contributed by atoms with Crippen LogP contribution in [0.25, 0.3) is 11.1 Å². The predicted octanol–water partition coefficient (Wildman–Crippen LogP) is 4.92. The van der Waals surface area contributed by atoms with Crippen molar-refractivity contribution >= 4 is 22.6 Å². The van der Waals surface area contributed by atoms with Gasteiger partial charge in [0, 0.05) is 23.9 Å². The molecule has 2 aliphatic heterocycles. The van der Waals surface area contributed by atoms with Crippen LogP contribution in [0.2, 0.25) is 0 Å². The van der Waals surface area contributed by atoms with E-state index in [0.717, 1.165) is 22.5 Å². The summed E-state index contributed by atoms with van der Waals surface area (Å²) in [5.41, 5.74) is 3.86. The smallest absolute Gasteiger partial charge is 0.182 e. The molecular formula is C23H24N4O3. The highest BCUT2D eigenvalue weighted by Crippen LogP contribution is 2.31. The zero-order valence-corrected chi connectivity index (χ0v) is 17.3. The van der Waals surface area contributed by atoms with Crippen molar-refractivity contribution in [3.8, 4) is 0 Å². The van der Waals surface area contributed by atoms with Crippen LogP contribution < -0.4 is 5.32 Å². The maximum Gasteiger partial charge on any atom is 0.182 e. The van der Waals surface area contributed by atoms with Crippen LogP contribution in [-0.4, -0.2) is 29.4 Å². The van der Waals surface area contributed by atoms with Gasteiger partial charge in [0.2, 0.25) is 0 Å². The van der Waals surface area contributed by atoms with Gasteiger partial charge >= 0.3 is 0 Å². The van der Waals surface area contributed by atoms with Gasteiger partial charge in [0.15, 0.2) is 23.6 Å². The molecule has 2 aromatic rings. The van der Waals surface area contributed by atoms with Crippen molar-refractivity contribution < 1.29 is 13.9 Å². The normalized spacial score (nSPS) is 15.9. The molecule has 0 fully saturated rings. The monoisotopic (exact) mass is 404 g/mol. The van der Waals surface area contributed by atoms with Crippen LogP contribution >= 0.6 is 0 Å². The van der Waals surface area contributed by atoms with Gasteiger partial charge in [0.25, 0.3) is 0 Å². The molecule has 0 saturated heterocycles. The zero-order chi connectivity index (χ0) is 21.3. The Bertz CT molecular complexity index is 1130. The summed E-state index contributed by atoms with van der Waals surface area (Å²) in [7, 11) is 1.62. The van der Waals surface area contributed by atoms with Crippen molar-refractivity contribution in [2.24, 2.45) is 10.9 Å². The summed E-state index contributed by atoms with van der Waals surface area (Å²) in [6.07, 6.45) is 7.08. The molecule has 0 radical (unpaired) electrons. The maximum atomic E-state index is 5.92. The van der Waals surface area contributed by atoms with Gasteiger partial charge in [-0.15, -0.1) is 0 Å². The Morgan fingerprint density at radius 2 is 2.17 bits per heavy atom. The second-order valence-corrected chi connectivity index (χ2v) is 7.23. The molecule has 0 aliphatic carbocycles. The molecule has 0 saturated carbocycles. The summed E-state index contributed by atoms with van der Waals surface area (Å²) in [6, 6.07) is 5.69. The van der Waals surface area contributed by atoms with E-state index in [2.05, 4.69) is 23.5 Å². The fourth-order valence-corrected chi connectivity index (χ4v) is 3.08. The van der Waals surface area contributed by atoms with Gasteiger partial charge < -0.3 is 19.2 Å². The maximum absolute atomic E-state index is 5.92. The molecule has 0 unspecified atom stereocenters. The Morgan fingerprint density at radius 3 is 2.93 bits per heavy atom. The number of hydrogen-bond donors (Lipinski definition) is 1. The second kappa shape index (κ2) is 7.94. The largest absolute Gasteiger partial charge is 0.493 e. The van der Waals surface area contributed by atoms with E-state index in [1.807, 2.05) is 55.3 Å². The summed E-state index contributed by atoms with van der Waals surface area (Å²) in [5.74, 6) is 2.85. The fraction of sp³-hybridized carbons (Fsp3) is 0.217. The Kier molecular flexibility index (Phi) is 5.18. The molecule has 1 N–H and O–H groups in total. The van der Waals surface area contributed by atoms with Crippen molar-refractivity contribution in [1.82, 2.24) is 9.88 Å². The number of methoxy groups -OCH3 is 1. The number of benzene rings is 1. The van der Waals surface area contributed by atoms with Gasteiger partial charge in [-0.25, -0.2) is 9.98 Å². The van der Waals surface area contributed by atoms with Crippen molar-refractivity contribution in [2.75, 3.05) is 19.0 Å². The van der Waals surface area contributed by atoms with Gasteiger partial charge in [-0.3, -0.25) is 4.90 Å². The van der Waals surface area contributed by atoms with E-state index in [0.29, 0.717) is 28.8 Å². The van der Waals surface area contributed by atoms with Crippen molar-refractivity contribution in [3.63, 3.8) is 0 Å². The standard InChI is InChI=1S/C23H24N4O3/c1-14(2)16(4)29-12-18-15(3)27-10-6-7-20(28-5)23(27)26-22(18)25-17-8-9-19-21(11-17)30-13-24-19/h6-11,13-14,25H,3-4,12H2,1-2,5H3. The van der Waals surface area contributed by atoms with E-state index in [9.17, 15) is 0 Å². The number of hydrogen-bond acceptors (Lipinski definition) is 7. The molecule has 0 atom stereocenters. The van der Waals surface area contributed by atoms with Gasteiger partial charge in [0.1, 0.15) is 17.9 Å². The van der Waals surface area contributed by atoms with E-state index in [1.54, 1.807) is 7.11 Å². The Labute approximate surface area is 175 Å². The minimum absolute atomic E-state index is 0.213. The van der Waals surface area contributed by atoms with Crippen LogP contribution in [0.4, 0.5) is 5.69 Å². The van der Waals surface area contributed by atoms with E-state index in [1.165, 1.54) is 6.39 Å². The summed E-state index contributed by atoms with van der Waals surface area (Å²) < 4.78 is 16.8. The number of fused-ring (bicyclic) bond motifs is 2. The highest BCUT2D eigenvalue weighted by atomic mass is 16.5. The third-order valence-electron chi connectivity index (χ3n) is 4.93. The molecule has 7 heteroatoms. The number of aliphatic imine (C=N–C) groups is 1. The molecule has 3 heterocycles. The number of allylic oxidation sites excluding steroid dienone is 3. The van der Waals surface area contributed by atoms with Gasteiger partial charge in [0.05, 0.1) is 24.1 Å². The minimum atomic E-state index is 0.213. The summed E-state index contributed by atoms with van der Waals surface area (Å²) >= 11 is 0. The number of oxazole rings is 1. The predicted molar refractivity (Wildman–Crippen MR) is 117 cm³/mol. The molecule has 0 spiro atoms. The van der Waals surface area contributed by atoms with E-state index in [-0.39, 0.29) is 12.5 Å².